The van der Waals surface area contributed by atoms with Gasteiger partial charge in [0.15, 0.2) is 5.78 Å². The van der Waals surface area contributed by atoms with E-state index in [1.807, 2.05) is 6.08 Å². The first-order valence-electron chi connectivity index (χ1n) is 8.85. The monoisotopic (exact) mass is 298 g/mol. The smallest absolute Gasteiger partial charge is 0.178 e. The summed E-state index contributed by atoms with van der Waals surface area (Å²) in [6.45, 7) is 6.83. The molecule has 3 saturated carbocycles. The van der Waals surface area contributed by atoms with Crippen LogP contribution in [0.3, 0.4) is 0 Å². The zero-order valence-electron chi connectivity index (χ0n) is 13.9. The minimum Gasteiger partial charge on any atom is -0.299 e. The third-order valence-corrected chi connectivity index (χ3v) is 7.59. The first-order valence-corrected chi connectivity index (χ1v) is 8.85. The molecule has 0 unspecified atom stereocenters. The Bertz CT molecular complexity index is 613. The maximum absolute atomic E-state index is 12.4. The molecule has 0 saturated heterocycles. The molecular weight excluding hydrogens is 272 g/mol. The van der Waals surface area contributed by atoms with E-state index in [4.69, 9.17) is 0 Å². The molecule has 2 heteroatoms. The topological polar surface area (TPSA) is 34.1 Å². The van der Waals surface area contributed by atoms with Crippen molar-refractivity contribution in [2.75, 3.05) is 0 Å². The van der Waals surface area contributed by atoms with Crippen LogP contribution in [0.15, 0.2) is 23.8 Å². The fraction of sp³-hybridized carbons (Fsp3) is 0.700. The Morgan fingerprint density at radius 3 is 2.68 bits per heavy atom. The molecule has 6 atom stereocenters. The van der Waals surface area contributed by atoms with Crippen molar-refractivity contribution in [2.45, 2.75) is 52.9 Å². The van der Waals surface area contributed by atoms with Crippen LogP contribution in [-0.4, -0.2) is 11.6 Å². The number of ketones is 2. The lowest BCUT2D eigenvalue weighted by molar-refractivity contribution is -0.132. The van der Waals surface area contributed by atoms with E-state index in [-0.39, 0.29) is 16.6 Å². The molecule has 3 fully saturated rings. The van der Waals surface area contributed by atoms with Crippen molar-refractivity contribution < 1.29 is 9.59 Å². The normalized spacial score (nSPS) is 50.2. The molecule has 0 aromatic carbocycles. The highest BCUT2D eigenvalue weighted by Crippen LogP contribution is 2.64. The summed E-state index contributed by atoms with van der Waals surface area (Å²) in [7, 11) is 0. The average molecular weight is 298 g/mol. The lowest BCUT2D eigenvalue weighted by Gasteiger charge is -2.57. The number of hydrogen-bond acceptors (Lipinski definition) is 2. The zero-order valence-corrected chi connectivity index (χ0v) is 13.9. The standard InChI is InChI=1S/C20H26O2/c1-12-10-14-15-4-5-18(22)20(15,3)9-7-16(14)19(2)8-6-13(21)11-17(12)19/h6,8,11-12,14-16H,4-5,7,9-10H2,1-3H3/t12-,14+,15+,16+,19-,20+/m1/s1. The van der Waals surface area contributed by atoms with Gasteiger partial charge in [0.25, 0.3) is 0 Å². The van der Waals surface area contributed by atoms with Gasteiger partial charge in [-0.05, 0) is 61.5 Å². The predicted molar refractivity (Wildman–Crippen MR) is 86.2 cm³/mol. The van der Waals surface area contributed by atoms with Crippen LogP contribution in [0.25, 0.3) is 0 Å². The average Bonchev–Trinajstić information content (AvgIpc) is 2.77. The lowest BCUT2D eigenvalue weighted by atomic mass is 9.47. The van der Waals surface area contributed by atoms with Crippen molar-refractivity contribution >= 4 is 11.6 Å². The van der Waals surface area contributed by atoms with E-state index >= 15 is 0 Å². The van der Waals surface area contributed by atoms with Crippen LogP contribution in [0, 0.1) is 34.5 Å². The van der Waals surface area contributed by atoms with Crippen molar-refractivity contribution in [1.29, 1.82) is 0 Å². The molecule has 0 aromatic heterocycles. The van der Waals surface area contributed by atoms with Gasteiger partial charge in [0, 0.05) is 17.3 Å². The number of allylic oxidation sites excluding steroid dienone is 4. The third kappa shape index (κ3) is 1.67. The second-order valence-electron chi connectivity index (χ2n) is 8.55. The van der Waals surface area contributed by atoms with Crippen molar-refractivity contribution in [3.8, 4) is 0 Å². The molecule has 22 heavy (non-hydrogen) atoms. The van der Waals surface area contributed by atoms with Gasteiger partial charge in [0.2, 0.25) is 0 Å². The largest absolute Gasteiger partial charge is 0.299 e. The van der Waals surface area contributed by atoms with E-state index in [0.717, 1.165) is 32.1 Å². The van der Waals surface area contributed by atoms with E-state index in [1.165, 1.54) is 5.57 Å². The molecule has 4 rings (SSSR count). The van der Waals surface area contributed by atoms with Gasteiger partial charge < -0.3 is 0 Å². The van der Waals surface area contributed by atoms with Crippen LogP contribution in [0.1, 0.15) is 52.9 Å². The molecule has 0 radical (unpaired) electrons. The van der Waals surface area contributed by atoms with E-state index in [1.54, 1.807) is 6.08 Å². The van der Waals surface area contributed by atoms with Crippen molar-refractivity contribution in [1.82, 2.24) is 0 Å². The number of carbonyl (C=O) groups excluding carboxylic acids is 2. The Morgan fingerprint density at radius 2 is 1.91 bits per heavy atom. The van der Waals surface area contributed by atoms with Crippen LogP contribution in [0.2, 0.25) is 0 Å². The molecule has 0 spiro atoms. The van der Waals surface area contributed by atoms with Gasteiger partial charge in [-0.25, -0.2) is 0 Å². The zero-order chi connectivity index (χ0) is 15.7. The number of carbonyl (C=O) groups is 2. The van der Waals surface area contributed by atoms with Crippen molar-refractivity contribution in [3.63, 3.8) is 0 Å². The van der Waals surface area contributed by atoms with Gasteiger partial charge >= 0.3 is 0 Å². The second kappa shape index (κ2) is 4.43. The van der Waals surface area contributed by atoms with E-state index < -0.39 is 0 Å². The summed E-state index contributed by atoms with van der Waals surface area (Å²) in [6.07, 6.45) is 11.0. The minimum absolute atomic E-state index is 0.0310. The molecule has 0 N–H and O–H groups in total. The predicted octanol–water partition coefficient (Wildman–Crippen LogP) is 4.11. The number of fused-ring (bicyclic) bond motifs is 5. The summed E-state index contributed by atoms with van der Waals surface area (Å²) >= 11 is 0. The minimum atomic E-state index is -0.0628. The van der Waals surface area contributed by atoms with Crippen LogP contribution in [0.4, 0.5) is 0 Å². The SMILES string of the molecule is C[C@@H]1C[C@@H]2[C@H](CC[C@]3(C)C(=O)CC[C@@H]23)[C@@]2(C)C=CC(=O)C=C12. The van der Waals surface area contributed by atoms with E-state index in [0.29, 0.717) is 29.5 Å². The maximum Gasteiger partial charge on any atom is 0.178 e. The molecule has 2 nitrogen and oxygen atoms in total. The Morgan fingerprint density at radius 1 is 1.14 bits per heavy atom. The molecule has 0 aromatic rings. The van der Waals surface area contributed by atoms with E-state index in [2.05, 4.69) is 26.8 Å². The number of hydrogen-bond donors (Lipinski definition) is 0. The number of rotatable bonds is 0. The highest BCUT2D eigenvalue weighted by atomic mass is 16.1. The van der Waals surface area contributed by atoms with Crippen molar-refractivity contribution in [3.05, 3.63) is 23.8 Å². The van der Waals surface area contributed by atoms with Crippen LogP contribution in [0.5, 0.6) is 0 Å². The molecule has 4 aliphatic carbocycles. The molecular formula is C20H26O2. The van der Waals surface area contributed by atoms with Gasteiger partial charge in [-0.3, -0.25) is 9.59 Å². The Balaban J connectivity index is 1.76. The first kappa shape index (κ1) is 14.4. The van der Waals surface area contributed by atoms with Crippen LogP contribution in [-0.2, 0) is 9.59 Å². The molecule has 0 aliphatic heterocycles. The highest BCUT2D eigenvalue weighted by molar-refractivity contribution is 6.01. The van der Waals surface area contributed by atoms with E-state index in [9.17, 15) is 9.59 Å². The fourth-order valence-corrected chi connectivity index (χ4v) is 6.39. The number of Topliss-reactive ketones (excluding diaryl/α,β-unsaturated/α-hetero) is 1. The second-order valence-corrected chi connectivity index (χ2v) is 8.55. The Kier molecular flexibility index (Phi) is 2.90. The van der Waals surface area contributed by atoms with Gasteiger partial charge in [0.05, 0.1) is 0 Å². The summed E-state index contributed by atoms with van der Waals surface area (Å²) < 4.78 is 0. The molecule has 0 bridgehead atoms. The van der Waals surface area contributed by atoms with Gasteiger partial charge in [-0.1, -0.05) is 32.4 Å². The lowest BCUT2D eigenvalue weighted by Crippen LogP contribution is -2.51. The quantitative estimate of drug-likeness (QED) is 0.674. The summed E-state index contributed by atoms with van der Waals surface area (Å²) in [6, 6.07) is 0. The molecule has 0 amide bonds. The summed E-state index contributed by atoms with van der Waals surface area (Å²) in [5.74, 6) is 2.91. The van der Waals surface area contributed by atoms with Crippen LogP contribution < -0.4 is 0 Å². The molecule has 118 valence electrons. The Hall–Kier alpha value is -1.18. The Labute approximate surface area is 133 Å². The molecule has 0 heterocycles. The van der Waals surface area contributed by atoms with Gasteiger partial charge in [-0.15, -0.1) is 0 Å². The summed E-state index contributed by atoms with van der Waals surface area (Å²) in [4.78, 5) is 24.3. The summed E-state index contributed by atoms with van der Waals surface area (Å²) in [5, 5.41) is 0. The summed E-state index contributed by atoms with van der Waals surface area (Å²) in [5.41, 5.74) is 1.31. The van der Waals surface area contributed by atoms with Gasteiger partial charge in [-0.2, -0.15) is 0 Å². The fourth-order valence-electron chi connectivity index (χ4n) is 6.39. The highest BCUT2D eigenvalue weighted by Gasteiger charge is 2.59. The molecule has 4 aliphatic rings. The van der Waals surface area contributed by atoms with Crippen molar-refractivity contribution in [2.24, 2.45) is 34.5 Å². The third-order valence-electron chi connectivity index (χ3n) is 7.59. The van der Waals surface area contributed by atoms with Crippen LogP contribution >= 0.6 is 0 Å². The maximum atomic E-state index is 12.4. The first-order chi connectivity index (χ1) is 10.4. The van der Waals surface area contributed by atoms with Gasteiger partial charge in [0.1, 0.15) is 5.78 Å².